The minimum absolute atomic E-state index is 0. The van der Waals surface area contributed by atoms with Crippen molar-refractivity contribution in [3.05, 3.63) is 146 Å². The van der Waals surface area contributed by atoms with Gasteiger partial charge in [-0.1, -0.05) is 161 Å². The maximum absolute atomic E-state index is 10.3. The number of hydrogen-bond acceptors (Lipinski definition) is 6. The number of quaternary nitrogens is 1. The number of carbonyl (C=O) groups excluding carboxylic acids is 2. The zero-order chi connectivity index (χ0) is 47.2. The summed E-state index contributed by atoms with van der Waals surface area (Å²) in [6, 6.07) is -1.09. The zero-order valence-electron chi connectivity index (χ0n) is 39.0. The molecule has 0 aromatic heterocycles. The van der Waals surface area contributed by atoms with Crippen molar-refractivity contribution in [3.8, 4) is 0 Å². The van der Waals surface area contributed by atoms with Crippen molar-refractivity contribution < 1.29 is 45.3 Å². The summed E-state index contributed by atoms with van der Waals surface area (Å²) in [6.45, 7) is 9.83. The Bertz CT molecular complexity index is 1400. The van der Waals surface area contributed by atoms with E-state index in [1.54, 1.807) is 0 Å². The SMILES string of the molecule is CC/C=C/C/C=C\C/C=C\C/C=C/C/C=C\C/C=C\CCC(=O)O.CC/C=C\C/C=C\C/C=C\C/C=C\C/C=C\CCCC(=O)O.C[C@H]([NH-])C(=O)[O-].[CH2-][C@@H](CCCC[NH3+])C(=O)[O-].[Mg+2]. The zero-order valence-corrected chi connectivity index (χ0v) is 40.4. The Kier molecular flexibility index (Phi) is 64.3. The molecule has 2 atom stereocenters. The van der Waals surface area contributed by atoms with Crippen molar-refractivity contribution >= 4 is 46.9 Å². The second kappa shape index (κ2) is 59.8. The molecule has 0 aromatic rings. The van der Waals surface area contributed by atoms with Gasteiger partial charge in [-0.3, -0.25) is 9.59 Å². The minimum atomic E-state index is -1.32. The van der Waals surface area contributed by atoms with Crippen LogP contribution in [0.25, 0.3) is 5.73 Å². The van der Waals surface area contributed by atoms with Crippen LogP contribution in [0.15, 0.2) is 134 Å². The molecule has 0 aliphatic heterocycles. The molecular formula is C52H81MgN2O8-. The van der Waals surface area contributed by atoms with Gasteiger partial charge >= 0.3 is 35.0 Å². The van der Waals surface area contributed by atoms with Gasteiger partial charge in [-0.25, -0.2) is 0 Å². The summed E-state index contributed by atoms with van der Waals surface area (Å²) in [5, 5.41) is 36.5. The van der Waals surface area contributed by atoms with Crippen LogP contribution in [-0.2, 0) is 19.2 Å². The first-order valence-electron chi connectivity index (χ1n) is 22.2. The third kappa shape index (κ3) is 75.5. The van der Waals surface area contributed by atoms with Crippen LogP contribution in [0.3, 0.4) is 0 Å². The minimum Gasteiger partial charge on any atom is -0.670 e. The monoisotopic (exact) mass is 886 g/mol. The summed E-state index contributed by atoms with van der Waals surface area (Å²) >= 11 is 0. The molecule has 6 N–H and O–H groups in total. The molecule has 0 aliphatic carbocycles. The van der Waals surface area contributed by atoms with Crippen molar-refractivity contribution in [3.63, 3.8) is 0 Å². The predicted octanol–water partition coefficient (Wildman–Crippen LogP) is 9.94. The molecule has 10 nitrogen and oxygen atoms in total. The fourth-order valence-corrected chi connectivity index (χ4v) is 4.27. The van der Waals surface area contributed by atoms with E-state index >= 15 is 0 Å². The van der Waals surface area contributed by atoms with E-state index in [4.69, 9.17) is 15.9 Å². The number of carboxylic acids is 4. The van der Waals surface area contributed by atoms with Gasteiger partial charge in [0.05, 0.1) is 6.54 Å². The van der Waals surface area contributed by atoms with Crippen molar-refractivity contribution in [2.45, 2.75) is 149 Å². The quantitative estimate of drug-likeness (QED) is 0.0250. The molecule has 0 radical (unpaired) electrons. The standard InChI is InChI=1S/C22H32O2.C20H30O2.C7H14NO2.C3H6NO2.Mg/c1-2-3-4-5-6-7-8-9-10-11-12-13-14-15-16-17-18-19-20-21-22(23)24;1-2-3-4-5-6-7-8-9-10-11-12-13-14-15-16-17-18-19-20(21)22;1-6(7(9)10)4-2-3-5-8;1-2(4)3(5)6;/h3-4,6-7,9-10,12-13,15-16,18-19H,2,5,8,11,14,17,20-21H2,1H3,(H,23,24);3-4,6-7,9-10,12-13,15-16H,2,5,8,11,14,17-19H2,1H3,(H,21,22);6H,1-5,8H2,(H,9,10);2,4H,1H3,(H,5,6);/q;;2*-1;+2/p-1/b4-3+,7-6-,10-9-,13-12+,16-15-,19-18-;4-3-,7-6-,10-9-,13-12-,16-15-;;;/t;;6-;2-;/m..00./s1. The van der Waals surface area contributed by atoms with Gasteiger partial charge < -0.3 is 48.4 Å². The summed E-state index contributed by atoms with van der Waals surface area (Å²) < 4.78 is 0. The Morgan fingerprint density at radius 2 is 0.794 bits per heavy atom. The van der Waals surface area contributed by atoms with Crippen molar-refractivity contribution in [1.82, 2.24) is 0 Å². The number of carboxylic acid groups (broad SMARTS) is 4. The van der Waals surface area contributed by atoms with Gasteiger partial charge in [0.1, 0.15) is 0 Å². The van der Waals surface area contributed by atoms with Gasteiger partial charge in [0, 0.05) is 24.8 Å². The van der Waals surface area contributed by atoms with Crippen LogP contribution in [0.5, 0.6) is 0 Å². The van der Waals surface area contributed by atoms with Crippen LogP contribution in [-0.4, -0.2) is 69.7 Å². The first kappa shape index (κ1) is 67.8. The van der Waals surface area contributed by atoms with E-state index in [0.29, 0.717) is 12.8 Å². The van der Waals surface area contributed by atoms with Gasteiger partial charge in [0.2, 0.25) is 0 Å². The number of hydrogen-bond donors (Lipinski definition) is 3. The number of nitrogens with one attached hydrogen (secondary N) is 1. The molecule has 0 saturated carbocycles. The second-order valence-corrected chi connectivity index (χ2v) is 13.7. The van der Waals surface area contributed by atoms with E-state index in [9.17, 15) is 29.4 Å². The Morgan fingerprint density at radius 3 is 1.05 bits per heavy atom. The Labute approximate surface area is 398 Å². The molecule has 0 bridgehead atoms. The summed E-state index contributed by atoms with van der Waals surface area (Å²) in [7, 11) is 0. The van der Waals surface area contributed by atoms with Crippen molar-refractivity contribution in [1.29, 1.82) is 0 Å². The molecule has 11 heteroatoms. The molecule has 0 aliphatic rings. The third-order valence-corrected chi connectivity index (χ3v) is 7.78. The van der Waals surface area contributed by atoms with Gasteiger partial charge in [-0.2, -0.15) is 0 Å². The summed E-state index contributed by atoms with van der Waals surface area (Å²) in [5.41, 5.74) is 10.0. The number of rotatable bonds is 33. The fraction of sp³-hybridized carbons (Fsp3) is 0.481. The molecular weight excluding hydrogens is 805 g/mol. The van der Waals surface area contributed by atoms with E-state index in [2.05, 4.69) is 148 Å². The van der Waals surface area contributed by atoms with Crippen LogP contribution in [0.4, 0.5) is 0 Å². The van der Waals surface area contributed by atoms with Crippen molar-refractivity contribution in [2.75, 3.05) is 6.54 Å². The van der Waals surface area contributed by atoms with Gasteiger partial charge in [-0.15, -0.1) is 12.0 Å². The Balaban J connectivity index is -0.000000263. The summed E-state index contributed by atoms with van der Waals surface area (Å²) in [6.07, 6.45) is 63.4. The van der Waals surface area contributed by atoms with Crippen LogP contribution >= 0.6 is 0 Å². The normalized spacial score (nSPS) is 12.8. The van der Waals surface area contributed by atoms with Gasteiger partial charge in [-0.05, 0) is 103 Å². The summed E-state index contributed by atoms with van der Waals surface area (Å²) in [5.74, 6) is -4.38. The van der Waals surface area contributed by atoms with E-state index in [1.807, 2.05) is 12.2 Å². The molecule has 63 heavy (non-hydrogen) atoms. The topological polar surface area (TPSA) is 206 Å². The fourth-order valence-electron chi connectivity index (χ4n) is 4.27. The largest absolute Gasteiger partial charge is 2.00 e. The molecule has 0 fully saturated rings. The van der Waals surface area contributed by atoms with Gasteiger partial charge in [0.15, 0.2) is 0 Å². The molecule has 0 aromatic carbocycles. The number of allylic oxidation sites excluding steroid dienone is 22. The molecule has 350 valence electrons. The van der Waals surface area contributed by atoms with Crippen LogP contribution in [0, 0.1) is 12.8 Å². The van der Waals surface area contributed by atoms with E-state index < -0.39 is 35.8 Å². The van der Waals surface area contributed by atoms with Crippen LogP contribution in [0.2, 0.25) is 0 Å². The van der Waals surface area contributed by atoms with Crippen LogP contribution in [0.1, 0.15) is 143 Å². The third-order valence-electron chi connectivity index (χ3n) is 7.78. The predicted molar refractivity (Wildman–Crippen MR) is 261 cm³/mol. The maximum atomic E-state index is 10.3. The van der Waals surface area contributed by atoms with E-state index in [1.165, 1.54) is 6.92 Å². The molecule has 0 rings (SSSR count). The average Bonchev–Trinajstić information content (AvgIpc) is 3.23. The Hall–Kier alpha value is -4.29. The number of aliphatic carboxylic acids is 4. The summed E-state index contributed by atoms with van der Waals surface area (Å²) in [4.78, 5) is 40.1. The molecule has 0 spiro atoms. The van der Waals surface area contributed by atoms with Crippen LogP contribution < -0.4 is 15.9 Å². The number of carbonyl (C=O) groups is 4. The molecule has 0 heterocycles. The van der Waals surface area contributed by atoms with E-state index in [-0.39, 0.29) is 35.9 Å². The smallest absolute Gasteiger partial charge is 0.670 e. The van der Waals surface area contributed by atoms with E-state index in [0.717, 1.165) is 103 Å². The van der Waals surface area contributed by atoms with Gasteiger partial charge in [0.25, 0.3) is 0 Å². The van der Waals surface area contributed by atoms with Crippen molar-refractivity contribution in [2.24, 2.45) is 5.92 Å². The first-order valence-corrected chi connectivity index (χ1v) is 22.2. The Morgan fingerprint density at radius 1 is 0.508 bits per heavy atom. The molecule has 0 amide bonds. The number of unbranched alkanes of at least 4 members (excludes halogenated alkanes) is 2. The maximum Gasteiger partial charge on any atom is 2.00 e. The molecule has 0 unspecified atom stereocenters. The average molecular weight is 887 g/mol. The first-order chi connectivity index (χ1) is 29.9. The molecule has 0 saturated heterocycles. The second-order valence-electron chi connectivity index (χ2n) is 13.7.